The molecule has 0 spiro atoms. The summed E-state index contributed by atoms with van der Waals surface area (Å²) < 4.78 is 5.24. The smallest absolute Gasteiger partial charge is 0.217 e. The molecule has 68 valence electrons. The van der Waals surface area contributed by atoms with Crippen molar-refractivity contribution < 1.29 is 4.74 Å². The first-order chi connectivity index (χ1) is 6.42. The van der Waals surface area contributed by atoms with E-state index < -0.39 is 6.23 Å². The van der Waals surface area contributed by atoms with Crippen molar-refractivity contribution >= 4 is 5.69 Å². The maximum atomic E-state index is 10.5. The van der Waals surface area contributed by atoms with Crippen LogP contribution in [-0.2, 0) is 4.74 Å². The minimum atomic E-state index is -0.661. The number of anilines is 1. The number of benzene rings is 1. The van der Waals surface area contributed by atoms with Gasteiger partial charge in [-0.05, 0) is 11.2 Å². The Morgan fingerprint density at radius 3 is 3.15 bits per heavy atom. The lowest BCUT2D eigenvalue weighted by atomic mass is 10.1. The quantitative estimate of drug-likeness (QED) is 0.668. The molecule has 0 bridgehead atoms. The molecule has 0 aromatic heterocycles. The van der Waals surface area contributed by atoms with E-state index in [1.54, 1.807) is 0 Å². The number of ether oxygens (including phenoxy) is 1. The predicted octanol–water partition coefficient (Wildman–Crippen LogP) is 1.89. The van der Waals surface area contributed by atoms with Crippen LogP contribution >= 0.6 is 0 Å². The highest BCUT2D eigenvalue weighted by Gasteiger charge is 2.18. The summed E-state index contributed by atoms with van der Waals surface area (Å²) in [5.74, 6) is 0. The molecule has 0 radical (unpaired) electrons. The Labute approximate surface area is 75.9 Å². The highest BCUT2D eigenvalue weighted by atomic mass is 16.5. The van der Waals surface area contributed by atoms with Crippen LogP contribution < -0.4 is 5.32 Å². The Kier molecular flexibility index (Phi) is 2.23. The second-order valence-electron chi connectivity index (χ2n) is 2.84. The van der Waals surface area contributed by atoms with Crippen molar-refractivity contribution in [2.45, 2.75) is 6.23 Å². The fourth-order valence-corrected chi connectivity index (χ4v) is 1.41. The van der Waals surface area contributed by atoms with Gasteiger partial charge in [0.25, 0.3) is 0 Å². The highest BCUT2D eigenvalue weighted by molar-refractivity contribution is 5.52. The number of fused-ring (bicyclic) bond motifs is 1. The van der Waals surface area contributed by atoms with E-state index in [1.165, 1.54) is 0 Å². The molecule has 1 heterocycles. The third-order valence-corrected chi connectivity index (χ3v) is 2.02. The Morgan fingerprint density at radius 2 is 2.31 bits per heavy atom. The minimum Gasteiger partial charge on any atom is -0.382 e. The van der Waals surface area contributed by atoms with Crippen molar-refractivity contribution in [3.05, 3.63) is 34.7 Å². The Bertz CT molecular complexity index is 314. The fraction of sp³-hybridized carbons (Fsp3) is 0.333. The van der Waals surface area contributed by atoms with Crippen LogP contribution in [0.2, 0.25) is 0 Å². The molecule has 1 aliphatic rings. The van der Waals surface area contributed by atoms with Crippen molar-refractivity contribution in [1.29, 1.82) is 0 Å². The van der Waals surface area contributed by atoms with Gasteiger partial charge < -0.3 is 10.1 Å². The van der Waals surface area contributed by atoms with Gasteiger partial charge >= 0.3 is 0 Å². The van der Waals surface area contributed by atoms with Gasteiger partial charge in [-0.3, -0.25) is 0 Å². The van der Waals surface area contributed by atoms with Crippen molar-refractivity contribution in [2.24, 2.45) is 5.18 Å². The molecular formula is C9H10N2O2. The van der Waals surface area contributed by atoms with Gasteiger partial charge in [0.05, 0.1) is 6.61 Å². The summed E-state index contributed by atoms with van der Waals surface area (Å²) in [5, 5.41) is 6.10. The molecule has 1 atom stereocenters. The van der Waals surface area contributed by atoms with Crippen LogP contribution in [0.1, 0.15) is 11.8 Å². The topological polar surface area (TPSA) is 50.7 Å². The third-order valence-electron chi connectivity index (χ3n) is 2.02. The zero-order valence-corrected chi connectivity index (χ0v) is 7.06. The van der Waals surface area contributed by atoms with E-state index in [4.69, 9.17) is 4.74 Å². The molecule has 4 heteroatoms. The molecule has 1 unspecified atom stereocenters. The van der Waals surface area contributed by atoms with Gasteiger partial charge in [0, 0.05) is 17.8 Å². The highest BCUT2D eigenvalue weighted by Crippen LogP contribution is 2.28. The van der Waals surface area contributed by atoms with Crippen molar-refractivity contribution in [3.63, 3.8) is 0 Å². The van der Waals surface area contributed by atoms with Crippen molar-refractivity contribution in [2.75, 3.05) is 18.5 Å². The molecule has 2 rings (SSSR count). The molecular weight excluding hydrogens is 168 g/mol. The number of nitrogens with one attached hydrogen (secondary N) is 1. The standard InChI is InChI=1S/C9H10N2O2/c12-11-9-7-3-1-2-4-8(7)10-5-6-13-9/h1-4,9-10H,5-6H2. The SMILES string of the molecule is O=NC1OCCNc2ccccc21. The summed E-state index contributed by atoms with van der Waals surface area (Å²) in [5.41, 5.74) is 1.75. The van der Waals surface area contributed by atoms with Gasteiger partial charge in [0.15, 0.2) is 0 Å². The van der Waals surface area contributed by atoms with Gasteiger partial charge in [-0.25, -0.2) is 0 Å². The van der Waals surface area contributed by atoms with Crippen molar-refractivity contribution in [1.82, 2.24) is 0 Å². The summed E-state index contributed by atoms with van der Waals surface area (Å²) >= 11 is 0. The molecule has 4 nitrogen and oxygen atoms in total. The first kappa shape index (κ1) is 8.19. The predicted molar refractivity (Wildman–Crippen MR) is 49.4 cm³/mol. The molecule has 1 aromatic carbocycles. The molecule has 0 fully saturated rings. The zero-order valence-electron chi connectivity index (χ0n) is 7.06. The van der Waals surface area contributed by atoms with Crippen LogP contribution in [0.3, 0.4) is 0 Å². The summed E-state index contributed by atoms with van der Waals surface area (Å²) in [6.45, 7) is 1.22. The summed E-state index contributed by atoms with van der Waals surface area (Å²) in [4.78, 5) is 10.5. The number of rotatable bonds is 1. The first-order valence-electron chi connectivity index (χ1n) is 4.18. The monoisotopic (exact) mass is 178 g/mol. The number of hydrogen-bond donors (Lipinski definition) is 1. The molecule has 0 saturated heterocycles. The summed E-state index contributed by atoms with van der Waals surface area (Å²) in [6, 6.07) is 7.55. The molecule has 0 amide bonds. The molecule has 0 saturated carbocycles. The Hall–Kier alpha value is -1.42. The number of hydrogen-bond acceptors (Lipinski definition) is 4. The van der Waals surface area contributed by atoms with E-state index in [1.807, 2.05) is 24.3 Å². The average molecular weight is 178 g/mol. The van der Waals surface area contributed by atoms with Gasteiger partial charge in [0.2, 0.25) is 6.23 Å². The largest absolute Gasteiger partial charge is 0.382 e. The molecule has 13 heavy (non-hydrogen) atoms. The van der Waals surface area contributed by atoms with Gasteiger partial charge in [-0.15, -0.1) is 4.91 Å². The van der Waals surface area contributed by atoms with Crippen molar-refractivity contribution in [3.8, 4) is 0 Å². The maximum absolute atomic E-state index is 10.5. The van der Waals surface area contributed by atoms with Gasteiger partial charge in [-0.1, -0.05) is 18.2 Å². The second kappa shape index (κ2) is 3.53. The number of nitrogens with zero attached hydrogens (tertiary/aromatic N) is 1. The van der Waals surface area contributed by atoms with Crippen LogP contribution in [-0.4, -0.2) is 13.2 Å². The van der Waals surface area contributed by atoms with E-state index in [9.17, 15) is 4.91 Å². The van der Waals surface area contributed by atoms with Gasteiger partial charge in [0.1, 0.15) is 0 Å². The Balaban J connectivity index is 2.41. The summed E-state index contributed by atoms with van der Waals surface area (Å²) in [6.07, 6.45) is -0.661. The molecule has 1 N–H and O–H groups in total. The van der Waals surface area contributed by atoms with Crippen LogP contribution in [0.25, 0.3) is 0 Å². The van der Waals surface area contributed by atoms with Crippen LogP contribution in [0.5, 0.6) is 0 Å². The number of para-hydroxylation sites is 1. The fourth-order valence-electron chi connectivity index (χ4n) is 1.41. The van der Waals surface area contributed by atoms with E-state index in [0.29, 0.717) is 13.2 Å². The van der Waals surface area contributed by atoms with E-state index in [0.717, 1.165) is 11.3 Å². The van der Waals surface area contributed by atoms with Crippen LogP contribution in [0.4, 0.5) is 5.69 Å². The van der Waals surface area contributed by atoms with Crippen LogP contribution in [0.15, 0.2) is 29.4 Å². The van der Waals surface area contributed by atoms with E-state index in [-0.39, 0.29) is 0 Å². The number of nitroso groups, excluding NO2 is 1. The minimum absolute atomic E-state index is 0.505. The second-order valence-corrected chi connectivity index (χ2v) is 2.84. The molecule has 1 aliphatic heterocycles. The maximum Gasteiger partial charge on any atom is 0.217 e. The van der Waals surface area contributed by atoms with E-state index >= 15 is 0 Å². The summed E-state index contributed by atoms with van der Waals surface area (Å²) in [7, 11) is 0. The molecule has 1 aromatic rings. The average Bonchev–Trinajstić information content (AvgIpc) is 2.39. The van der Waals surface area contributed by atoms with E-state index in [2.05, 4.69) is 10.5 Å². The third kappa shape index (κ3) is 1.53. The lowest BCUT2D eigenvalue weighted by Gasteiger charge is -2.08. The van der Waals surface area contributed by atoms with Crippen LogP contribution in [0, 0.1) is 4.91 Å². The lowest BCUT2D eigenvalue weighted by molar-refractivity contribution is 0.0694. The normalized spacial score (nSPS) is 21.1. The zero-order chi connectivity index (χ0) is 9.10. The Morgan fingerprint density at radius 1 is 1.46 bits per heavy atom. The molecule has 0 aliphatic carbocycles. The first-order valence-corrected chi connectivity index (χ1v) is 4.18. The van der Waals surface area contributed by atoms with Gasteiger partial charge in [-0.2, -0.15) is 0 Å². The lowest BCUT2D eigenvalue weighted by Crippen LogP contribution is -2.04.